The molecule has 218 valence electrons. The molecule has 0 fully saturated rings. The van der Waals surface area contributed by atoms with Crippen LogP contribution in [-0.4, -0.2) is 46.1 Å². The molecule has 0 aliphatic heterocycles. The van der Waals surface area contributed by atoms with Crippen LogP contribution < -0.4 is 10.6 Å². The molecule has 2 atom stereocenters. The number of carbonyl (C=O) groups is 3. The van der Waals surface area contributed by atoms with Crippen molar-refractivity contribution in [2.75, 3.05) is 11.9 Å². The minimum absolute atomic E-state index is 0.105. The summed E-state index contributed by atoms with van der Waals surface area (Å²) in [4.78, 5) is 42.7. The molecule has 0 aromatic heterocycles. The number of unbranched alkanes of at least 4 members (excludes halogenated alkanes) is 1. The summed E-state index contributed by atoms with van der Waals surface area (Å²) in [6.07, 6.45) is 0.831. The number of aromatic hydroxyl groups is 1. The van der Waals surface area contributed by atoms with Gasteiger partial charge in [-0.3, -0.25) is 9.59 Å². The van der Waals surface area contributed by atoms with Crippen LogP contribution in [0.5, 0.6) is 5.75 Å². The van der Waals surface area contributed by atoms with Crippen LogP contribution in [0.15, 0.2) is 78.9 Å². The molecular weight excluding hydrogens is 518 g/mol. The summed E-state index contributed by atoms with van der Waals surface area (Å²) in [7, 11) is 0. The van der Waals surface area contributed by atoms with Crippen LogP contribution in [0.2, 0.25) is 0 Å². The number of nitrogens with one attached hydrogen (secondary N) is 2. The van der Waals surface area contributed by atoms with Crippen LogP contribution >= 0.6 is 0 Å². The van der Waals surface area contributed by atoms with Crippen LogP contribution in [0.3, 0.4) is 0 Å². The van der Waals surface area contributed by atoms with Gasteiger partial charge in [0.1, 0.15) is 23.4 Å². The fourth-order valence-corrected chi connectivity index (χ4v) is 4.48. The van der Waals surface area contributed by atoms with Gasteiger partial charge in [0, 0.05) is 24.2 Å². The van der Waals surface area contributed by atoms with Crippen molar-refractivity contribution < 1.29 is 24.2 Å². The molecule has 8 nitrogen and oxygen atoms in total. The Hall–Kier alpha value is -4.33. The van der Waals surface area contributed by atoms with E-state index in [-0.39, 0.29) is 18.7 Å². The summed E-state index contributed by atoms with van der Waals surface area (Å²) in [5.41, 5.74) is 1.82. The Balaban J connectivity index is 2.07. The number of anilines is 1. The highest BCUT2D eigenvalue weighted by atomic mass is 16.6. The van der Waals surface area contributed by atoms with Gasteiger partial charge in [0.25, 0.3) is 5.91 Å². The van der Waals surface area contributed by atoms with E-state index in [4.69, 9.17) is 4.74 Å². The number of nitrogens with zero attached hydrogens (tertiary/aromatic N) is 1. The maximum atomic E-state index is 14.4. The van der Waals surface area contributed by atoms with Crippen molar-refractivity contribution in [3.63, 3.8) is 0 Å². The van der Waals surface area contributed by atoms with E-state index in [0.717, 1.165) is 17.5 Å². The highest BCUT2D eigenvalue weighted by Crippen LogP contribution is 2.31. The number of rotatable bonds is 11. The van der Waals surface area contributed by atoms with Gasteiger partial charge in [-0.25, -0.2) is 4.79 Å². The van der Waals surface area contributed by atoms with Crippen molar-refractivity contribution in [3.05, 3.63) is 95.6 Å². The zero-order chi connectivity index (χ0) is 30.0. The lowest BCUT2D eigenvalue weighted by molar-refractivity contribution is -0.141. The third-order valence-corrected chi connectivity index (χ3v) is 6.50. The number of aryl methyl sites for hydroxylation is 1. The number of phenolic OH excluding ortho intramolecular Hbond substituents is 1. The van der Waals surface area contributed by atoms with E-state index in [9.17, 15) is 19.5 Å². The molecule has 0 aliphatic rings. The van der Waals surface area contributed by atoms with E-state index in [1.807, 2.05) is 62.4 Å². The van der Waals surface area contributed by atoms with Gasteiger partial charge in [-0.15, -0.1) is 0 Å². The van der Waals surface area contributed by atoms with E-state index in [1.54, 1.807) is 45.0 Å². The molecule has 0 radical (unpaired) electrons. The Labute approximate surface area is 242 Å². The van der Waals surface area contributed by atoms with E-state index >= 15 is 0 Å². The average molecular weight is 560 g/mol. The van der Waals surface area contributed by atoms with Crippen molar-refractivity contribution in [2.45, 2.75) is 71.6 Å². The molecule has 0 saturated carbocycles. The first-order valence-electron chi connectivity index (χ1n) is 14.0. The van der Waals surface area contributed by atoms with Gasteiger partial charge in [-0.1, -0.05) is 80.1 Å². The molecule has 0 saturated heterocycles. The molecule has 2 unspecified atom stereocenters. The number of para-hydroxylation sites is 2. The Morgan fingerprint density at radius 2 is 1.56 bits per heavy atom. The van der Waals surface area contributed by atoms with E-state index in [2.05, 4.69) is 10.6 Å². The number of amides is 3. The quantitative estimate of drug-likeness (QED) is 0.261. The van der Waals surface area contributed by atoms with Gasteiger partial charge in [0.15, 0.2) is 0 Å². The van der Waals surface area contributed by atoms with Gasteiger partial charge < -0.3 is 25.4 Å². The smallest absolute Gasteiger partial charge is 0.408 e. The van der Waals surface area contributed by atoms with Crippen LogP contribution in [0.4, 0.5) is 10.5 Å². The van der Waals surface area contributed by atoms with E-state index in [0.29, 0.717) is 17.7 Å². The molecule has 8 heteroatoms. The zero-order valence-corrected chi connectivity index (χ0v) is 24.5. The number of phenols is 1. The van der Waals surface area contributed by atoms with Gasteiger partial charge >= 0.3 is 6.09 Å². The average Bonchev–Trinajstić information content (AvgIpc) is 2.92. The Kier molecular flexibility index (Phi) is 10.9. The summed E-state index contributed by atoms with van der Waals surface area (Å²) in [5.74, 6) is -1.03. The summed E-state index contributed by atoms with van der Waals surface area (Å²) < 4.78 is 5.48. The van der Waals surface area contributed by atoms with Crippen molar-refractivity contribution >= 4 is 23.6 Å². The zero-order valence-electron chi connectivity index (χ0n) is 24.5. The fourth-order valence-electron chi connectivity index (χ4n) is 4.48. The molecule has 0 aliphatic carbocycles. The summed E-state index contributed by atoms with van der Waals surface area (Å²) in [5, 5.41) is 16.5. The molecule has 3 aromatic carbocycles. The van der Waals surface area contributed by atoms with Gasteiger partial charge in [0.2, 0.25) is 5.91 Å². The van der Waals surface area contributed by atoms with Crippen molar-refractivity contribution in [1.29, 1.82) is 0 Å². The third-order valence-electron chi connectivity index (χ3n) is 6.50. The van der Waals surface area contributed by atoms with Crippen molar-refractivity contribution in [1.82, 2.24) is 10.2 Å². The second kappa shape index (κ2) is 14.3. The van der Waals surface area contributed by atoms with Crippen molar-refractivity contribution in [2.24, 2.45) is 0 Å². The summed E-state index contributed by atoms with van der Waals surface area (Å²) >= 11 is 0. The van der Waals surface area contributed by atoms with Crippen molar-refractivity contribution in [3.8, 4) is 5.75 Å². The van der Waals surface area contributed by atoms with Gasteiger partial charge in [-0.2, -0.15) is 0 Å². The van der Waals surface area contributed by atoms with E-state index < -0.39 is 35.6 Å². The number of benzene rings is 3. The highest BCUT2D eigenvalue weighted by molar-refractivity contribution is 5.99. The number of hydrogen-bond acceptors (Lipinski definition) is 5. The largest absolute Gasteiger partial charge is 0.508 e. The number of carbonyl (C=O) groups excluding carboxylic acids is 3. The lowest BCUT2D eigenvalue weighted by Gasteiger charge is -2.35. The SMILES string of the molecule is CCCCN(C(=O)C(Cc1ccccc1)NC(=O)OC(C)(C)C)C(C(=O)Nc1ccccc1C)c1ccccc1O. The van der Waals surface area contributed by atoms with E-state index in [1.165, 1.54) is 11.0 Å². The highest BCUT2D eigenvalue weighted by Gasteiger charge is 2.37. The Morgan fingerprint density at radius 1 is 0.927 bits per heavy atom. The lowest BCUT2D eigenvalue weighted by Crippen LogP contribution is -2.53. The molecule has 0 spiro atoms. The molecule has 0 bridgehead atoms. The first-order chi connectivity index (χ1) is 19.5. The molecule has 3 N–H and O–H groups in total. The third kappa shape index (κ3) is 9.10. The molecule has 0 heterocycles. The number of ether oxygens (including phenoxy) is 1. The molecule has 3 aromatic rings. The first-order valence-corrected chi connectivity index (χ1v) is 14.0. The molecule has 3 rings (SSSR count). The molecule has 3 amide bonds. The number of hydrogen-bond donors (Lipinski definition) is 3. The maximum absolute atomic E-state index is 14.4. The Morgan fingerprint density at radius 3 is 2.20 bits per heavy atom. The monoisotopic (exact) mass is 559 g/mol. The Bertz CT molecular complexity index is 1320. The van der Waals surface area contributed by atoms with Gasteiger partial charge in [0.05, 0.1) is 0 Å². The molecule has 41 heavy (non-hydrogen) atoms. The standard InChI is InChI=1S/C33H41N3O5/c1-6-7-21-36(31(39)27(22-24-16-9-8-10-17-24)35-32(40)41-33(3,4)5)29(25-18-12-14-20-28(25)37)30(38)34-26-19-13-11-15-23(26)2/h8-20,27,29,37H,6-7,21-22H2,1-5H3,(H,34,38)(H,35,40). The topological polar surface area (TPSA) is 108 Å². The normalized spacial score (nSPS) is 12.6. The minimum atomic E-state index is -1.16. The van der Waals surface area contributed by atoms with Crippen LogP contribution in [0.1, 0.15) is 63.3 Å². The van der Waals surface area contributed by atoms with Gasteiger partial charge in [-0.05, 0) is 57.4 Å². The summed E-state index contributed by atoms with van der Waals surface area (Å²) in [6, 6.07) is 21.0. The fraction of sp³-hybridized carbons (Fsp3) is 0.364. The summed E-state index contributed by atoms with van der Waals surface area (Å²) in [6.45, 7) is 9.35. The van der Waals surface area contributed by atoms with Crippen LogP contribution in [-0.2, 0) is 20.7 Å². The maximum Gasteiger partial charge on any atom is 0.408 e. The number of alkyl carbamates (subject to hydrolysis) is 1. The molecular formula is C33H41N3O5. The lowest BCUT2D eigenvalue weighted by atomic mass is 9.99. The van der Waals surface area contributed by atoms with Crippen LogP contribution in [0.25, 0.3) is 0 Å². The van der Waals surface area contributed by atoms with Crippen LogP contribution in [0, 0.1) is 6.92 Å². The minimum Gasteiger partial charge on any atom is -0.508 e. The first kappa shape index (κ1) is 31.2. The second-order valence-corrected chi connectivity index (χ2v) is 11.0. The predicted molar refractivity (Wildman–Crippen MR) is 161 cm³/mol. The predicted octanol–water partition coefficient (Wildman–Crippen LogP) is 6.15. The second-order valence-electron chi connectivity index (χ2n) is 11.0.